The zero-order valence-corrected chi connectivity index (χ0v) is 15.9. The fourth-order valence-corrected chi connectivity index (χ4v) is 4.67. The normalized spacial score (nSPS) is 23.1. The lowest BCUT2D eigenvalue weighted by atomic mass is 9.89. The molecule has 0 spiro atoms. The minimum atomic E-state index is -0.472. The molecule has 140 valence electrons. The molecule has 2 aliphatic rings. The number of aliphatic hydroxyl groups excluding tert-OH is 2. The van der Waals surface area contributed by atoms with Crippen LogP contribution in [-0.2, 0) is 6.54 Å². The second-order valence-corrected chi connectivity index (χ2v) is 7.52. The van der Waals surface area contributed by atoms with Gasteiger partial charge in [0, 0.05) is 6.54 Å². The maximum Gasteiger partial charge on any atom is 0.0718 e. The van der Waals surface area contributed by atoms with E-state index >= 15 is 0 Å². The van der Waals surface area contributed by atoms with Crippen LogP contribution in [0.3, 0.4) is 0 Å². The summed E-state index contributed by atoms with van der Waals surface area (Å²) in [5, 5.41) is 26.4. The zero-order valence-electron chi connectivity index (χ0n) is 15.1. The summed E-state index contributed by atoms with van der Waals surface area (Å²) in [4.78, 5) is 0. The Morgan fingerprint density at radius 3 is 2.11 bits per heavy atom. The van der Waals surface area contributed by atoms with Crippen molar-refractivity contribution in [3.63, 3.8) is 0 Å². The van der Waals surface area contributed by atoms with Crippen molar-refractivity contribution in [2.24, 2.45) is 0 Å². The SMILES string of the molecule is Cl.O[C@@H]1CCC[C@H](O)[C@H]1NCc1ccc2c3c(cccc13)-c1ccccc1-2. The van der Waals surface area contributed by atoms with E-state index in [-0.39, 0.29) is 18.4 Å². The molecule has 0 bridgehead atoms. The Morgan fingerprint density at radius 1 is 0.778 bits per heavy atom. The molecule has 3 N–H and O–H groups in total. The van der Waals surface area contributed by atoms with Gasteiger partial charge in [-0.25, -0.2) is 0 Å². The van der Waals surface area contributed by atoms with Crippen LogP contribution >= 0.6 is 12.4 Å². The lowest BCUT2D eigenvalue weighted by Gasteiger charge is -2.33. The highest BCUT2D eigenvalue weighted by atomic mass is 35.5. The maximum atomic E-state index is 10.2. The van der Waals surface area contributed by atoms with Crippen molar-refractivity contribution in [3.05, 3.63) is 60.2 Å². The molecule has 27 heavy (non-hydrogen) atoms. The minimum absolute atomic E-state index is 0. The van der Waals surface area contributed by atoms with E-state index in [1.54, 1.807) is 0 Å². The van der Waals surface area contributed by atoms with Gasteiger partial charge in [0.1, 0.15) is 0 Å². The Bertz CT molecular complexity index is 948. The minimum Gasteiger partial charge on any atom is -0.391 e. The van der Waals surface area contributed by atoms with Crippen LogP contribution in [0.5, 0.6) is 0 Å². The standard InChI is InChI=1S/C23H23NO2.ClH/c25-20-9-4-10-21(26)23(20)24-13-14-11-12-19-17-6-2-1-5-16(17)18-8-3-7-15(14)22(18)19;/h1-3,5-8,11-12,20-21,23-26H,4,9-10,13H2;1H/t20-,21+,23+;. The maximum absolute atomic E-state index is 10.2. The van der Waals surface area contributed by atoms with Crippen LogP contribution in [0.15, 0.2) is 54.6 Å². The van der Waals surface area contributed by atoms with Crippen molar-refractivity contribution in [2.75, 3.05) is 0 Å². The van der Waals surface area contributed by atoms with Crippen molar-refractivity contribution < 1.29 is 10.2 Å². The van der Waals surface area contributed by atoms with Crippen molar-refractivity contribution >= 4 is 23.2 Å². The summed E-state index contributed by atoms with van der Waals surface area (Å²) in [6.07, 6.45) is 1.46. The van der Waals surface area contributed by atoms with Gasteiger partial charge in [0.2, 0.25) is 0 Å². The zero-order chi connectivity index (χ0) is 17.7. The highest BCUT2D eigenvalue weighted by Gasteiger charge is 2.30. The van der Waals surface area contributed by atoms with E-state index in [1.807, 2.05) is 0 Å². The molecular formula is C23H24ClNO2. The summed E-state index contributed by atoms with van der Waals surface area (Å²) in [5.74, 6) is 0. The number of fused-ring (bicyclic) bond motifs is 3. The Kier molecular flexibility index (Phi) is 4.95. The van der Waals surface area contributed by atoms with Crippen molar-refractivity contribution in [1.29, 1.82) is 0 Å². The van der Waals surface area contributed by atoms with E-state index in [0.29, 0.717) is 6.54 Å². The van der Waals surface area contributed by atoms with Crippen LogP contribution in [0.4, 0.5) is 0 Å². The van der Waals surface area contributed by atoms with Gasteiger partial charge in [-0.1, -0.05) is 54.6 Å². The highest BCUT2D eigenvalue weighted by Crippen LogP contribution is 2.47. The van der Waals surface area contributed by atoms with Gasteiger partial charge < -0.3 is 15.5 Å². The van der Waals surface area contributed by atoms with Gasteiger partial charge in [0.05, 0.1) is 18.2 Å². The fraction of sp³-hybridized carbons (Fsp3) is 0.304. The second-order valence-electron chi connectivity index (χ2n) is 7.52. The van der Waals surface area contributed by atoms with Gasteiger partial charge in [-0.05, 0) is 57.9 Å². The number of benzene rings is 3. The third-order valence-corrected chi connectivity index (χ3v) is 6.00. The molecule has 0 saturated heterocycles. The number of halogens is 1. The second kappa shape index (κ2) is 7.25. The molecule has 5 rings (SSSR count). The topological polar surface area (TPSA) is 52.5 Å². The van der Waals surface area contributed by atoms with Gasteiger partial charge in [0.15, 0.2) is 0 Å². The van der Waals surface area contributed by atoms with E-state index in [9.17, 15) is 10.2 Å². The first-order valence-electron chi connectivity index (χ1n) is 9.48. The summed E-state index contributed by atoms with van der Waals surface area (Å²) in [7, 11) is 0. The van der Waals surface area contributed by atoms with E-state index in [0.717, 1.165) is 19.3 Å². The van der Waals surface area contributed by atoms with Gasteiger partial charge >= 0.3 is 0 Å². The van der Waals surface area contributed by atoms with Crippen LogP contribution in [0.2, 0.25) is 0 Å². The average Bonchev–Trinajstić information content (AvgIpc) is 2.99. The Labute approximate surface area is 165 Å². The number of aliphatic hydroxyl groups is 2. The van der Waals surface area contributed by atoms with Gasteiger partial charge in [-0.15, -0.1) is 12.4 Å². The van der Waals surface area contributed by atoms with Gasteiger partial charge in [-0.2, -0.15) is 0 Å². The lowest BCUT2D eigenvalue weighted by molar-refractivity contribution is 0.000913. The predicted octanol–water partition coefficient (Wildman–Crippen LogP) is 4.27. The first-order valence-corrected chi connectivity index (χ1v) is 9.48. The molecule has 2 aliphatic carbocycles. The Balaban J connectivity index is 0.00000180. The molecule has 1 fully saturated rings. The molecule has 3 nitrogen and oxygen atoms in total. The van der Waals surface area contributed by atoms with Crippen LogP contribution in [0.1, 0.15) is 24.8 Å². The van der Waals surface area contributed by atoms with E-state index in [1.165, 1.54) is 38.6 Å². The van der Waals surface area contributed by atoms with E-state index in [4.69, 9.17) is 0 Å². The molecule has 0 amide bonds. The summed E-state index contributed by atoms with van der Waals surface area (Å²) in [6, 6.07) is 19.2. The number of rotatable bonds is 3. The van der Waals surface area contributed by atoms with Crippen molar-refractivity contribution in [1.82, 2.24) is 5.32 Å². The summed E-state index contributed by atoms with van der Waals surface area (Å²) in [5.41, 5.74) is 6.41. The van der Waals surface area contributed by atoms with Gasteiger partial charge in [-0.3, -0.25) is 0 Å². The van der Waals surface area contributed by atoms with Crippen molar-refractivity contribution in [3.8, 4) is 22.3 Å². The smallest absolute Gasteiger partial charge is 0.0718 e. The third-order valence-electron chi connectivity index (χ3n) is 6.00. The number of nitrogens with one attached hydrogen (secondary N) is 1. The average molecular weight is 382 g/mol. The molecule has 0 heterocycles. The van der Waals surface area contributed by atoms with Crippen molar-refractivity contribution in [2.45, 2.75) is 44.1 Å². The largest absolute Gasteiger partial charge is 0.391 e. The monoisotopic (exact) mass is 381 g/mol. The summed E-state index contributed by atoms with van der Waals surface area (Å²) < 4.78 is 0. The predicted molar refractivity (Wildman–Crippen MR) is 112 cm³/mol. The van der Waals surface area contributed by atoms with E-state index in [2.05, 4.69) is 59.9 Å². The molecule has 0 unspecified atom stereocenters. The number of hydrogen-bond donors (Lipinski definition) is 3. The molecule has 0 aliphatic heterocycles. The molecule has 4 heteroatoms. The first-order chi connectivity index (χ1) is 12.7. The molecule has 1 saturated carbocycles. The van der Waals surface area contributed by atoms with Crippen LogP contribution in [-0.4, -0.2) is 28.5 Å². The van der Waals surface area contributed by atoms with Crippen LogP contribution in [0, 0.1) is 0 Å². The first kappa shape index (κ1) is 18.5. The van der Waals surface area contributed by atoms with Gasteiger partial charge in [0.25, 0.3) is 0 Å². The fourth-order valence-electron chi connectivity index (χ4n) is 4.67. The molecule has 3 aromatic carbocycles. The molecule has 3 aromatic rings. The molecular weight excluding hydrogens is 358 g/mol. The molecule has 0 radical (unpaired) electrons. The number of hydrogen-bond acceptors (Lipinski definition) is 3. The quantitative estimate of drug-likeness (QED) is 0.496. The third kappa shape index (κ3) is 2.95. The lowest BCUT2D eigenvalue weighted by Crippen LogP contribution is -2.50. The van der Waals surface area contributed by atoms with Crippen LogP contribution in [0.25, 0.3) is 33.0 Å². The summed E-state index contributed by atoms with van der Waals surface area (Å²) in [6.45, 7) is 0.648. The Hall–Kier alpha value is -1.91. The highest BCUT2D eigenvalue weighted by molar-refractivity contribution is 6.15. The molecule has 3 atom stereocenters. The molecule has 0 aromatic heterocycles. The Morgan fingerprint density at radius 2 is 1.41 bits per heavy atom. The van der Waals surface area contributed by atoms with E-state index < -0.39 is 12.2 Å². The summed E-state index contributed by atoms with van der Waals surface area (Å²) >= 11 is 0. The van der Waals surface area contributed by atoms with Crippen LogP contribution < -0.4 is 5.32 Å².